The van der Waals surface area contributed by atoms with Gasteiger partial charge in [0, 0.05) is 18.9 Å². The molecule has 0 bridgehead atoms. The summed E-state index contributed by atoms with van der Waals surface area (Å²) < 4.78 is 70.4. The smallest absolute Gasteiger partial charge is 0.351 e. The number of anilines is 1. The zero-order valence-electron chi connectivity index (χ0n) is 22.7. The zero-order chi connectivity index (χ0) is 30.4. The monoisotopic (exact) mass is 604 g/mol. The molecular formula is C26H33F4N4O6P. The summed E-state index contributed by atoms with van der Waals surface area (Å²) in [6.07, 6.45) is -1.95. The summed E-state index contributed by atoms with van der Waals surface area (Å²) in [7, 11) is -0.0727. The molecule has 41 heavy (non-hydrogen) atoms. The first-order valence-electron chi connectivity index (χ1n) is 12.4. The fourth-order valence-corrected chi connectivity index (χ4v) is 4.50. The van der Waals surface area contributed by atoms with E-state index in [2.05, 4.69) is 10.1 Å². The Labute approximate surface area is 235 Å². The first kappa shape index (κ1) is 34.0. The molecule has 1 aromatic heterocycles. The number of ether oxygens (including phenoxy) is 2. The van der Waals surface area contributed by atoms with Crippen LogP contribution >= 0.6 is 8.53 Å². The number of nitrogens with zero attached hydrogens (tertiary/aromatic N) is 2. The molecule has 226 valence electrons. The van der Waals surface area contributed by atoms with E-state index in [4.69, 9.17) is 24.3 Å². The van der Waals surface area contributed by atoms with Crippen molar-refractivity contribution in [1.29, 1.82) is 0 Å². The van der Waals surface area contributed by atoms with Crippen LogP contribution in [0.25, 0.3) is 10.8 Å². The fraction of sp³-hybridized carbons (Fsp3) is 0.423. The van der Waals surface area contributed by atoms with Gasteiger partial charge in [-0.1, -0.05) is 36.4 Å². The van der Waals surface area contributed by atoms with Gasteiger partial charge in [0.05, 0.1) is 31.6 Å². The molecule has 0 aliphatic carbocycles. The number of hydrogen-bond donors (Lipinski definition) is 2. The number of aldehydes is 1. The average Bonchev–Trinajstić information content (AvgIpc) is 3.33. The van der Waals surface area contributed by atoms with Crippen molar-refractivity contribution in [3.63, 3.8) is 0 Å². The molecule has 1 aliphatic heterocycles. The summed E-state index contributed by atoms with van der Waals surface area (Å²) in [6, 6.07) is 13.2. The van der Waals surface area contributed by atoms with E-state index >= 15 is 0 Å². The van der Waals surface area contributed by atoms with Crippen molar-refractivity contribution >= 4 is 31.4 Å². The Morgan fingerprint density at radius 3 is 2.56 bits per heavy atom. The summed E-state index contributed by atoms with van der Waals surface area (Å²) in [5, 5.41) is 4.69. The van der Waals surface area contributed by atoms with Gasteiger partial charge in [-0.15, -0.1) is 0 Å². The van der Waals surface area contributed by atoms with Crippen LogP contribution in [0.4, 0.5) is 23.4 Å². The van der Waals surface area contributed by atoms with Crippen LogP contribution in [0.2, 0.25) is 0 Å². The van der Waals surface area contributed by atoms with Crippen molar-refractivity contribution in [2.24, 2.45) is 0 Å². The minimum atomic E-state index is -1.77. The Hall–Kier alpha value is -3.16. The Balaban J connectivity index is 0.000000653. The summed E-state index contributed by atoms with van der Waals surface area (Å²) in [5.41, 5.74) is 4.35. The highest BCUT2D eigenvalue weighted by atomic mass is 31.2. The quantitative estimate of drug-likeness (QED) is 0.191. The molecular weight excluding hydrogens is 571 g/mol. The number of rotatable bonds is 10. The second-order valence-corrected chi connectivity index (χ2v) is 9.87. The summed E-state index contributed by atoms with van der Waals surface area (Å²) in [4.78, 5) is 26.2. The first-order valence-corrected chi connectivity index (χ1v) is 13.6. The third kappa shape index (κ3) is 10.6. The molecule has 4 rings (SSSR count). The lowest BCUT2D eigenvalue weighted by Crippen LogP contribution is -2.31. The first-order chi connectivity index (χ1) is 19.6. The van der Waals surface area contributed by atoms with Crippen LogP contribution in [0.5, 0.6) is 5.75 Å². The van der Waals surface area contributed by atoms with Gasteiger partial charge in [0.1, 0.15) is 18.2 Å². The van der Waals surface area contributed by atoms with Crippen LogP contribution in [0.1, 0.15) is 26.5 Å². The molecule has 2 heterocycles. The van der Waals surface area contributed by atoms with E-state index in [0.29, 0.717) is 18.1 Å². The largest absolute Gasteiger partial charge is 0.435 e. The van der Waals surface area contributed by atoms with Crippen molar-refractivity contribution in [1.82, 2.24) is 14.6 Å². The number of benzene rings is 2. The van der Waals surface area contributed by atoms with E-state index in [0.717, 1.165) is 21.5 Å². The van der Waals surface area contributed by atoms with Crippen molar-refractivity contribution in [2.75, 3.05) is 32.9 Å². The lowest BCUT2D eigenvalue weighted by Gasteiger charge is -2.21. The second-order valence-electron chi connectivity index (χ2n) is 8.60. The Morgan fingerprint density at radius 1 is 1.24 bits per heavy atom. The zero-order valence-corrected chi connectivity index (χ0v) is 23.6. The van der Waals surface area contributed by atoms with E-state index < -0.39 is 51.3 Å². The molecule has 0 radical (unpaired) electrons. The van der Waals surface area contributed by atoms with Crippen LogP contribution in [-0.4, -0.2) is 61.4 Å². The average molecular weight is 605 g/mol. The number of carbonyl (C=O) groups excluding carboxylic acids is 1. The van der Waals surface area contributed by atoms with E-state index in [-0.39, 0.29) is 19.6 Å². The van der Waals surface area contributed by atoms with Gasteiger partial charge in [-0.2, -0.15) is 4.98 Å². The molecule has 4 unspecified atom stereocenters. The molecule has 15 heteroatoms. The van der Waals surface area contributed by atoms with Crippen LogP contribution in [0.3, 0.4) is 0 Å². The summed E-state index contributed by atoms with van der Waals surface area (Å²) >= 11 is 0. The van der Waals surface area contributed by atoms with E-state index in [1.807, 2.05) is 50.2 Å². The normalized spacial score (nSPS) is 18.7. The highest BCUT2D eigenvalue weighted by Crippen LogP contribution is 2.40. The third-order valence-electron chi connectivity index (χ3n) is 5.42. The van der Waals surface area contributed by atoms with Gasteiger partial charge in [-0.25, -0.2) is 27.4 Å². The highest BCUT2D eigenvalue weighted by Gasteiger charge is 2.38. The van der Waals surface area contributed by atoms with Crippen molar-refractivity contribution in [3.8, 4) is 5.75 Å². The molecule has 3 N–H and O–H groups in total. The SMILES string of the molecule is COC(C)C.FCF.Nc1nc(=O)n(C2OC(COP(NCC=O)Oc3cccc4ccccc34)CC2F)cc1F. The highest BCUT2D eigenvalue weighted by molar-refractivity contribution is 7.45. The van der Waals surface area contributed by atoms with Crippen molar-refractivity contribution in [3.05, 3.63) is 65.0 Å². The van der Waals surface area contributed by atoms with Crippen LogP contribution < -0.4 is 21.0 Å². The number of nitrogens with one attached hydrogen (secondary N) is 1. The number of nitrogen functional groups attached to an aromatic ring is 1. The standard InChI is InChI=1S/C21H21F2N4O5P.C4H10O.CH2F2/c22-16-10-14(31-20(16)27-11-17(23)19(24)26-21(27)29)12-30-33(25-8-9-28)32-18-7-3-5-13-4-1-2-6-15(13)18;1-4(2)5-3;2-1-3/h1-7,9,11,14,16,20,25H,8,10,12H2,(H2,24,26,29);4H,1-3H3;1H2. The van der Waals surface area contributed by atoms with Crippen LogP contribution in [-0.2, 0) is 18.8 Å². The van der Waals surface area contributed by atoms with Crippen LogP contribution in [0.15, 0.2) is 53.5 Å². The Morgan fingerprint density at radius 2 is 1.90 bits per heavy atom. The maximum atomic E-state index is 14.6. The molecule has 1 saturated heterocycles. The topological polar surface area (TPSA) is 127 Å². The molecule has 0 amide bonds. The number of alkyl halides is 3. The lowest BCUT2D eigenvalue weighted by molar-refractivity contribution is -0.106. The van der Waals surface area contributed by atoms with Gasteiger partial charge in [-0.05, 0) is 25.3 Å². The maximum absolute atomic E-state index is 14.6. The molecule has 4 atom stereocenters. The molecule has 0 saturated carbocycles. The fourth-order valence-electron chi connectivity index (χ4n) is 3.42. The number of methoxy groups -OCH3 is 1. The van der Waals surface area contributed by atoms with E-state index in [1.54, 1.807) is 13.2 Å². The van der Waals surface area contributed by atoms with Gasteiger partial charge in [-0.3, -0.25) is 4.57 Å². The van der Waals surface area contributed by atoms with Gasteiger partial charge >= 0.3 is 14.2 Å². The summed E-state index contributed by atoms with van der Waals surface area (Å²) in [6.45, 7) is 2.15. The predicted molar refractivity (Wildman–Crippen MR) is 147 cm³/mol. The van der Waals surface area contributed by atoms with Gasteiger partial charge in [0.2, 0.25) is 6.93 Å². The molecule has 2 aromatic carbocycles. The maximum Gasteiger partial charge on any atom is 0.351 e. The molecule has 1 fully saturated rings. The number of aromatic nitrogens is 2. The van der Waals surface area contributed by atoms with E-state index in [9.17, 15) is 27.2 Å². The number of nitrogens with two attached hydrogens (primary N) is 1. The van der Waals surface area contributed by atoms with Crippen LogP contribution in [0, 0.1) is 5.82 Å². The predicted octanol–water partition coefficient (Wildman–Crippen LogP) is 4.78. The molecule has 3 aromatic rings. The van der Waals surface area contributed by atoms with Crippen molar-refractivity contribution in [2.45, 2.75) is 44.9 Å². The molecule has 0 spiro atoms. The third-order valence-corrected chi connectivity index (χ3v) is 6.61. The number of halogens is 4. The number of fused-ring (bicyclic) bond motifs is 1. The lowest BCUT2D eigenvalue weighted by atomic mass is 10.1. The van der Waals surface area contributed by atoms with Gasteiger partial charge < -0.3 is 29.0 Å². The summed E-state index contributed by atoms with van der Waals surface area (Å²) in [5.74, 6) is -0.960. The second kappa shape index (κ2) is 17.6. The molecule has 1 aliphatic rings. The van der Waals surface area contributed by atoms with E-state index in [1.165, 1.54) is 0 Å². The number of hydrogen-bond acceptors (Lipinski definition) is 9. The minimum Gasteiger partial charge on any atom is -0.435 e. The van der Waals surface area contributed by atoms with Crippen molar-refractivity contribution < 1.29 is 40.9 Å². The molecule has 10 nitrogen and oxygen atoms in total. The van der Waals surface area contributed by atoms with Gasteiger partial charge in [0.25, 0.3) is 0 Å². The van der Waals surface area contributed by atoms with Gasteiger partial charge in [0.15, 0.2) is 17.9 Å². The Kier molecular flexibility index (Phi) is 14.6. The Bertz CT molecular complexity index is 1280. The minimum absolute atomic E-state index is 0.0118. The number of carbonyl (C=O) groups is 1.